The van der Waals surface area contributed by atoms with E-state index < -0.39 is 0 Å². The zero-order valence-corrected chi connectivity index (χ0v) is 11.6. The number of likely N-dealkylation sites (N-methyl/N-ethyl adjacent to an activating group) is 1. The van der Waals surface area contributed by atoms with Crippen molar-refractivity contribution in [2.75, 3.05) is 13.1 Å². The summed E-state index contributed by atoms with van der Waals surface area (Å²) in [5.74, 6) is 2.08. The fourth-order valence-corrected chi connectivity index (χ4v) is 2.57. The summed E-state index contributed by atoms with van der Waals surface area (Å²) in [5.41, 5.74) is 0. The molecule has 0 bridgehead atoms. The van der Waals surface area contributed by atoms with Crippen molar-refractivity contribution in [1.82, 2.24) is 15.5 Å². The maximum Gasteiger partial charge on any atom is 0.222 e. The molecule has 0 aliphatic carbocycles. The first-order valence-electron chi connectivity index (χ1n) is 6.82. The lowest BCUT2D eigenvalue weighted by Gasteiger charge is -2.13. The summed E-state index contributed by atoms with van der Waals surface area (Å²) in [7, 11) is 0. The van der Waals surface area contributed by atoms with Gasteiger partial charge < -0.3 is 14.5 Å². The summed E-state index contributed by atoms with van der Waals surface area (Å²) in [5, 5.41) is 11.5. The average molecular weight is 253 g/mol. The molecule has 5 nitrogen and oxygen atoms in total. The summed E-state index contributed by atoms with van der Waals surface area (Å²) in [6.07, 6.45) is 1.19. The largest absolute Gasteiger partial charge is 0.425 e. The van der Waals surface area contributed by atoms with Crippen LogP contribution in [0.4, 0.5) is 0 Å². The first kappa shape index (κ1) is 13.5. The molecule has 4 atom stereocenters. The molecule has 1 aliphatic rings. The molecule has 1 saturated heterocycles. The van der Waals surface area contributed by atoms with Gasteiger partial charge in [0.25, 0.3) is 0 Å². The van der Waals surface area contributed by atoms with Gasteiger partial charge in [-0.15, -0.1) is 10.2 Å². The van der Waals surface area contributed by atoms with Crippen LogP contribution in [0, 0.1) is 5.92 Å². The van der Waals surface area contributed by atoms with E-state index in [4.69, 9.17) is 9.15 Å². The molecule has 102 valence electrons. The number of hydrogen-bond acceptors (Lipinski definition) is 5. The zero-order valence-electron chi connectivity index (χ0n) is 11.6. The Hall–Kier alpha value is -0.940. The third-order valence-corrected chi connectivity index (χ3v) is 3.78. The van der Waals surface area contributed by atoms with Gasteiger partial charge in [0, 0.05) is 13.0 Å². The lowest BCUT2D eigenvalue weighted by atomic mass is 9.89. The second kappa shape index (κ2) is 5.80. The maximum absolute atomic E-state index is 5.81. The number of rotatable bonds is 5. The van der Waals surface area contributed by atoms with Gasteiger partial charge in [-0.3, -0.25) is 0 Å². The Bertz CT molecular complexity index is 380. The smallest absolute Gasteiger partial charge is 0.222 e. The van der Waals surface area contributed by atoms with E-state index in [1.54, 1.807) is 0 Å². The SMILES string of the molecule is CCNCCc1nnc(C2C(C)OC(C)C2C)o1. The third-order valence-electron chi connectivity index (χ3n) is 3.78. The quantitative estimate of drug-likeness (QED) is 0.810. The van der Waals surface area contributed by atoms with Crippen molar-refractivity contribution in [2.24, 2.45) is 5.92 Å². The predicted molar refractivity (Wildman–Crippen MR) is 68.5 cm³/mol. The van der Waals surface area contributed by atoms with E-state index in [0.29, 0.717) is 11.8 Å². The molecule has 5 heteroatoms. The Morgan fingerprint density at radius 1 is 1.17 bits per heavy atom. The van der Waals surface area contributed by atoms with Crippen LogP contribution >= 0.6 is 0 Å². The Morgan fingerprint density at radius 2 is 1.94 bits per heavy atom. The van der Waals surface area contributed by atoms with Gasteiger partial charge in [-0.25, -0.2) is 0 Å². The topological polar surface area (TPSA) is 60.2 Å². The fraction of sp³-hybridized carbons (Fsp3) is 0.846. The molecule has 0 spiro atoms. The molecule has 18 heavy (non-hydrogen) atoms. The molecular formula is C13H23N3O2. The lowest BCUT2D eigenvalue weighted by Crippen LogP contribution is -2.16. The second-order valence-corrected chi connectivity index (χ2v) is 5.07. The van der Waals surface area contributed by atoms with E-state index in [1.807, 2.05) is 0 Å². The Balaban J connectivity index is 2.01. The summed E-state index contributed by atoms with van der Waals surface area (Å²) < 4.78 is 11.6. The molecule has 0 aromatic carbocycles. The van der Waals surface area contributed by atoms with Crippen LogP contribution in [0.5, 0.6) is 0 Å². The molecular weight excluding hydrogens is 230 g/mol. The van der Waals surface area contributed by atoms with E-state index in [2.05, 4.69) is 43.2 Å². The summed E-state index contributed by atoms with van der Waals surface area (Å²) in [6, 6.07) is 0. The highest BCUT2D eigenvalue weighted by atomic mass is 16.5. The highest BCUT2D eigenvalue weighted by Gasteiger charge is 2.41. The van der Waals surface area contributed by atoms with Gasteiger partial charge >= 0.3 is 0 Å². The van der Waals surface area contributed by atoms with Gasteiger partial charge in [0.05, 0.1) is 18.1 Å². The molecule has 0 saturated carbocycles. The molecule has 1 aromatic rings. The van der Waals surface area contributed by atoms with Gasteiger partial charge in [0.1, 0.15) is 0 Å². The number of ether oxygens (including phenoxy) is 1. The van der Waals surface area contributed by atoms with Crippen molar-refractivity contribution >= 4 is 0 Å². The average Bonchev–Trinajstić information content (AvgIpc) is 2.86. The minimum Gasteiger partial charge on any atom is -0.425 e. The van der Waals surface area contributed by atoms with Gasteiger partial charge in [-0.05, 0) is 26.3 Å². The van der Waals surface area contributed by atoms with Crippen molar-refractivity contribution in [2.45, 2.75) is 52.2 Å². The second-order valence-electron chi connectivity index (χ2n) is 5.07. The van der Waals surface area contributed by atoms with Crippen LogP contribution in [0.15, 0.2) is 4.42 Å². The molecule has 4 unspecified atom stereocenters. The number of hydrogen-bond donors (Lipinski definition) is 1. The third kappa shape index (κ3) is 2.72. The van der Waals surface area contributed by atoms with Crippen molar-refractivity contribution in [1.29, 1.82) is 0 Å². The van der Waals surface area contributed by atoms with E-state index in [-0.39, 0.29) is 18.1 Å². The Kier molecular flexibility index (Phi) is 4.35. The van der Waals surface area contributed by atoms with Crippen LogP contribution in [-0.4, -0.2) is 35.5 Å². The molecule has 1 aliphatic heterocycles. The van der Waals surface area contributed by atoms with Crippen LogP contribution < -0.4 is 5.32 Å². The van der Waals surface area contributed by atoms with E-state index >= 15 is 0 Å². The molecule has 1 aromatic heterocycles. The van der Waals surface area contributed by atoms with Crippen LogP contribution in [0.25, 0.3) is 0 Å². The van der Waals surface area contributed by atoms with Crippen molar-refractivity contribution in [3.8, 4) is 0 Å². The van der Waals surface area contributed by atoms with Gasteiger partial charge in [0.2, 0.25) is 11.8 Å². The lowest BCUT2D eigenvalue weighted by molar-refractivity contribution is 0.0544. The number of aromatic nitrogens is 2. The fourth-order valence-electron chi connectivity index (χ4n) is 2.57. The number of nitrogens with zero attached hydrogens (tertiary/aromatic N) is 2. The summed E-state index contributed by atoms with van der Waals surface area (Å²) in [4.78, 5) is 0. The molecule has 2 heterocycles. The van der Waals surface area contributed by atoms with Crippen LogP contribution in [0.1, 0.15) is 45.4 Å². The molecule has 1 fully saturated rings. The highest BCUT2D eigenvalue weighted by Crippen LogP contribution is 2.38. The van der Waals surface area contributed by atoms with Crippen LogP contribution in [0.2, 0.25) is 0 Å². The molecule has 0 radical (unpaired) electrons. The summed E-state index contributed by atoms with van der Waals surface area (Å²) >= 11 is 0. The highest BCUT2D eigenvalue weighted by molar-refractivity contribution is 5.02. The van der Waals surface area contributed by atoms with E-state index in [1.165, 1.54) is 0 Å². The predicted octanol–water partition coefficient (Wildman–Crippen LogP) is 1.75. The minimum absolute atomic E-state index is 0.150. The molecule has 1 N–H and O–H groups in total. The molecule has 0 amide bonds. The first-order chi connectivity index (χ1) is 8.63. The Morgan fingerprint density at radius 3 is 2.56 bits per heavy atom. The van der Waals surface area contributed by atoms with Crippen LogP contribution in [-0.2, 0) is 11.2 Å². The van der Waals surface area contributed by atoms with Gasteiger partial charge in [0.15, 0.2) is 0 Å². The monoisotopic (exact) mass is 253 g/mol. The normalized spacial score (nSPS) is 32.0. The van der Waals surface area contributed by atoms with Crippen molar-refractivity contribution in [3.05, 3.63) is 11.8 Å². The zero-order chi connectivity index (χ0) is 13.1. The van der Waals surface area contributed by atoms with Gasteiger partial charge in [-0.1, -0.05) is 13.8 Å². The van der Waals surface area contributed by atoms with Gasteiger partial charge in [-0.2, -0.15) is 0 Å². The van der Waals surface area contributed by atoms with Crippen molar-refractivity contribution < 1.29 is 9.15 Å². The van der Waals surface area contributed by atoms with Crippen LogP contribution in [0.3, 0.4) is 0 Å². The minimum atomic E-state index is 0.150. The molecule has 2 rings (SSSR count). The van der Waals surface area contributed by atoms with Crippen molar-refractivity contribution in [3.63, 3.8) is 0 Å². The Labute approximate surface area is 108 Å². The van der Waals surface area contributed by atoms with E-state index in [9.17, 15) is 0 Å². The first-order valence-corrected chi connectivity index (χ1v) is 6.82. The summed E-state index contributed by atoms with van der Waals surface area (Å²) in [6.45, 7) is 10.3. The maximum atomic E-state index is 5.81. The number of nitrogens with one attached hydrogen (secondary N) is 1. The van der Waals surface area contributed by atoms with E-state index in [0.717, 1.165) is 25.4 Å². The standard InChI is InChI=1S/C13H23N3O2/c1-5-14-7-6-11-15-16-13(18-11)12-8(2)9(3)17-10(12)4/h8-10,12,14H,5-7H2,1-4H3.